The minimum absolute atomic E-state index is 0.473. The Balaban J connectivity index is 1.66. The molecule has 3 nitrogen and oxygen atoms in total. The van der Waals surface area contributed by atoms with Gasteiger partial charge in [0, 0.05) is 48.9 Å². The molecule has 1 N–H and O–H groups in total. The van der Waals surface area contributed by atoms with E-state index in [9.17, 15) is 0 Å². The number of hydrogen-bond acceptors (Lipinski definition) is 3. The standard InChI is InChI=1S/C30H42FN3/c1-5-7-9-28(10-8-6-2)33-29-21-26(14-11-23(29)3)24(4)34-19-17-30(31,18-20-34)27-15-12-25(22-32)13-16-27/h11-12,14-15,21,28,33H,4-10,13,16-20H2,1-3H3. The van der Waals surface area contributed by atoms with Crippen molar-refractivity contribution in [2.75, 3.05) is 18.4 Å². The molecule has 0 radical (unpaired) electrons. The molecule has 1 fully saturated rings. The molecule has 4 heteroatoms. The summed E-state index contributed by atoms with van der Waals surface area (Å²) in [6.45, 7) is 12.4. The zero-order valence-electron chi connectivity index (χ0n) is 21.4. The van der Waals surface area contributed by atoms with Gasteiger partial charge >= 0.3 is 0 Å². The molecule has 0 spiro atoms. The zero-order chi connectivity index (χ0) is 24.6. The van der Waals surface area contributed by atoms with Crippen molar-refractivity contribution in [3.63, 3.8) is 0 Å². The summed E-state index contributed by atoms with van der Waals surface area (Å²) in [6.07, 6.45) is 13.2. The largest absolute Gasteiger partial charge is 0.382 e. The number of anilines is 1. The molecule has 0 bridgehead atoms. The number of rotatable bonds is 11. The van der Waals surface area contributed by atoms with Crippen molar-refractivity contribution in [1.82, 2.24) is 4.90 Å². The third-order valence-corrected chi connectivity index (χ3v) is 7.55. The second-order valence-electron chi connectivity index (χ2n) is 10.1. The molecule has 1 aliphatic heterocycles. The predicted molar refractivity (Wildman–Crippen MR) is 142 cm³/mol. The maximum Gasteiger partial charge on any atom is 0.135 e. The molecular weight excluding hydrogens is 421 g/mol. The Morgan fingerprint density at radius 3 is 2.38 bits per heavy atom. The molecule has 0 aromatic heterocycles. The molecule has 1 aromatic rings. The van der Waals surface area contributed by atoms with Gasteiger partial charge in [0.15, 0.2) is 0 Å². The number of hydrogen-bond donors (Lipinski definition) is 1. The molecule has 184 valence electrons. The van der Waals surface area contributed by atoms with Gasteiger partial charge in [-0.25, -0.2) is 4.39 Å². The average molecular weight is 464 g/mol. The number of likely N-dealkylation sites (tertiary alicyclic amines) is 1. The van der Waals surface area contributed by atoms with Crippen LogP contribution in [-0.4, -0.2) is 29.7 Å². The Hall–Kier alpha value is -2.54. The predicted octanol–water partition coefficient (Wildman–Crippen LogP) is 8.10. The van der Waals surface area contributed by atoms with E-state index >= 15 is 4.39 Å². The molecule has 0 amide bonds. The summed E-state index contributed by atoms with van der Waals surface area (Å²) in [5.74, 6) is 0. The van der Waals surface area contributed by atoms with Gasteiger partial charge in [0.05, 0.1) is 6.07 Å². The van der Waals surface area contributed by atoms with Crippen LogP contribution in [0.1, 0.15) is 89.2 Å². The molecule has 1 aliphatic carbocycles. The van der Waals surface area contributed by atoms with Gasteiger partial charge in [0.25, 0.3) is 0 Å². The lowest BCUT2D eigenvalue weighted by atomic mass is 9.80. The molecule has 0 atom stereocenters. The molecule has 1 saturated heterocycles. The van der Waals surface area contributed by atoms with Crippen LogP contribution in [0.3, 0.4) is 0 Å². The van der Waals surface area contributed by atoms with Crippen molar-refractivity contribution >= 4 is 11.4 Å². The number of aryl methyl sites for hydroxylation is 1. The van der Waals surface area contributed by atoms with Crippen molar-refractivity contribution in [2.45, 2.75) is 96.7 Å². The first kappa shape index (κ1) is 26.1. The summed E-state index contributed by atoms with van der Waals surface area (Å²) in [5.41, 5.74) is 4.87. The fraction of sp³-hybridized carbons (Fsp3) is 0.567. The first-order chi connectivity index (χ1) is 16.4. The van der Waals surface area contributed by atoms with E-state index in [1.165, 1.54) is 49.8 Å². The zero-order valence-corrected chi connectivity index (χ0v) is 21.4. The van der Waals surface area contributed by atoms with Crippen LogP contribution in [-0.2, 0) is 0 Å². The third-order valence-electron chi connectivity index (χ3n) is 7.55. The molecule has 0 unspecified atom stereocenters. The lowest BCUT2D eigenvalue weighted by Crippen LogP contribution is -2.42. The molecule has 2 aliphatic rings. The SMILES string of the molecule is C=C(c1ccc(C)c(NC(CCCC)CCCC)c1)N1CCC(F)(C2=CC=C(C#N)CC2)CC1. The van der Waals surface area contributed by atoms with E-state index in [4.69, 9.17) is 5.26 Å². The topological polar surface area (TPSA) is 39.1 Å². The Labute approximate surface area is 206 Å². The van der Waals surface area contributed by atoms with Gasteiger partial charge in [-0.2, -0.15) is 5.26 Å². The van der Waals surface area contributed by atoms with E-state index in [0.29, 0.717) is 44.8 Å². The number of nitrogens with zero attached hydrogens (tertiary/aromatic N) is 2. The Kier molecular flexibility index (Phi) is 9.39. The number of unbranched alkanes of at least 4 members (excludes halogenated alkanes) is 2. The fourth-order valence-electron chi connectivity index (χ4n) is 5.11. The molecule has 1 aromatic carbocycles. The quantitative estimate of drug-likeness (QED) is 0.360. The second-order valence-corrected chi connectivity index (χ2v) is 10.1. The first-order valence-corrected chi connectivity index (χ1v) is 13.2. The number of benzene rings is 1. The Morgan fingerprint density at radius 1 is 1.15 bits per heavy atom. The maximum absolute atomic E-state index is 15.7. The summed E-state index contributed by atoms with van der Waals surface area (Å²) in [6, 6.07) is 9.25. The lowest BCUT2D eigenvalue weighted by molar-refractivity contribution is 0.113. The number of piperidine rings is 1. The molecule has 0 saturated carbocycles. The molecule has 34 heavy (non-hydrogen) atoms. The summed E-state index contributed by atoms with van der Waals surface area (Å²) in [5, 5.41) is 12.9. The van der Waals surface area contributed by atoms with Gasteiger partial charge in [0.2, 0.25) is 0 Å². The number of alkyl halides is 1. The van der Waals surface area contributed by atoms with Crippen LogP contribution >= 0.6 is 0 Å². The van der Waals surface area contributed by atoms with Crippen LogP contribution in [0.2, 0.25) is 0 Å². The molecule has 3 rings (SSSR count). The Morgan fingerprint density at radius 2 is 1.82 bits per heavy atom. The summed E-state index contributed by atoms with van der Waals surface area (Å²) in [4.78, 5) is 2.23. The highest BCUT2D eigenvalue weighted by Crippen LogP contribution is 2.40. The van der Waals surface area contributed by atoms with Gasteiger partial charge in [-0.1, -0.05) is 64.3 Å². The highest BCUT2D eigenvalue weighted by Gasteiger charge is 2.38. The van der Waals surface area contributed by atoms with E-state index in [1.807, 2.05) is 6.08 Å². The first-order valence-electron chi connectivity index (χ1n) is 13.2. The van der Waals surface area contributed by atoms with Crippen molar-refractivity contribution in [3.05, 3.63) is 59.2 Å². The van der Waals surface area contributed by atoms with Crippen LogP contribution in [0.5, 0.6) is 0 Å². The van der Waals surface area contributed by atoms with Crippen molar-refractivity contribution in [3.8, 4) is 6.07 Å². The van der Waals surface area contributed by atoms with Gasteiger partial charge in [-0.3, -0.25) is 0 Å². The van der Waals surface area contributed by atoms with E-state index in [-0.39, 0.29) is 0 Å². The number of allylic oxidation sites excluding steroid dienone is 4. The number of nitrogens with one attached hydrogen (secondary N) is 1. The minimum Gasteiger partial charge on any atom is -0.382 e. The fourth-order valence-corrected chi connectivity index (χ4v) is 5.11. The monoisotopic (exact) mass is 463 g/mol. The number of halogens is 1. The second kappa shape index (κ2) is 12.2. The lowest BCUT2D eigenvalue weighted by Gasteiger charge is -2.40. The highest BCUT2D eigenvalue weighted by atomic mass is 19.1. The van der Waals surface area contributed by atoms with Crippen molar-refractivity contribution in [1.29, 1.82) is 5.26 Å². The van der Waals surface area contributed by atoms with E-state index in [1.54, 1.807) is 6.08 Å². The summed E-state index contributed by atoms with van der Waals surface area (Å²) < 4.78 is 15.7. The average Bonchev–Trinajstić information content (AvgIpc) is 2.87. The smallest absolute Gasteiger partial charge is 0.135 e. The molecule has 1 heterocycles. The Bertz CT molecular complexity index is 936. The minimum atomic E-state index is -1.26. The number of nitriles is 1. The summed E-state index contributed by atoms with van der Waals surface area (Å²) in [7, 11) is 0. The van der Waals surface area contributed by atoms with Crippen LogP contribution in [0, 0.1) is 18.3 Å². The van der Waals surface area contributed by atoms with Gasteiger partial charge in [0.1, 0.15) is 5.67 Å². The van der Waals surface area contributed by atoms with Crippen molar-refractivity contribution in [2.24, 2.45) is 0 Å². The van der Waals surface area contributed by atoms with Crippen LogP contribution in [0.15, 0.2) is 48.1 Å². The van der Waals surface area contributed by atoms with E-state index in [0.717, 1.165) is 22.4 Å². The van der Waals surface area contributed by atoms with Gasteiger partial charge in [-0.05, 0) is 61.4 Å². The van der Waals surface area contributed by atoms with E-state index in [2.05, 4.69) is 61.8 Å². The summed E-state index contributed by atoms with van der Waals surface area (Å²) >= 11 is 0. The van der Waals surface area contributed by atoms with Crippen molar-refractivity contribution < 1.29 is 4.39 Å². The highest BCUT2D eigenvalue weighted by molar-refractivity contribution is 5.68. The van der Waals surface area contributed by atoms with Gasteiger partial charge in [-0.15, -0.1) is 0 Å². The van der Waals surface area contributed by atoms with E-state index < -0.39 is 5.67 Å². The van der Waals surface area contributed by atoms with Crippen LogP contribution in [0.25, 0.3) is 5.70 Å². The maximum atomic E-state index is 15.7. The third kappa shape index (κ3) is 6.53. The normalized spacial score (nSPS) is 17.7. The van der Waals surface area contributed by atoms with Crippen LogP contribution < -0.4 is 5.32 Å². The van der Waals surface area contributed by atoms with Crippen LogP contribution in [0.4, 0.5) is 10.1 Å². The molecular formula is C30H42FN3. The van der Waals surface area contributed by atoms with Gasteiger partial charge < -0.3 is 10.2 Å².